The SMILES string of the molecule is COc1ccc(-c2csc(Nc3ccc(F)cc3)n2)cc1. The van der Waals surface area contributed by atoms with Crippen molar-refractivity contribution in [3.63, 3.8) is 0 Å². The smallest absolute Gasteiger partial charge is 0.187 e. The van der Waals surface area contributed by atoms with Crippen LogP contribution in [0.25, 0.3) is 11.3 Å². The fourth-order valence-electron chi connectivity index (χ4n) is 1.88. The second-order valence-electron chi connectivity index (χ2n) is 4.40. The van der Waals surface area contributed by atoms with Crippen LogP contribution in [0.2, 0.25) is 0 Å². The van der Waals surface area contributed by atoms with Gasteiger partial charge in [-0.3, -0.25) is 0 Å². The minimum Gasteiger partial charge on any atom is -0.497 e. The van der Waals surface area contributed by atoms with Gasteiger partial charge in [-0.05, 0) is 48.5 Å². The van der Waals surface area contributed by atoms with Crippen LogP contribution in [0.15, 0.2) is 53.9 Å². The van der Waals surface area contributed by atoms with E-state index in [4.69, 9.17) is 4.74 Å². The Balaban J connectivity index is 1.77. The van der Waals surface area contributed by atoms with Crippen LogP contribution in [0.1, 0.15) is 0 Å². The Morgan fingerprint density at radius 3 is 2.43 bits per heavy atom. The van der Waals surface area contributed by atoms with Crippen LogP contribution < -0.4 is 10.1 Å². The Morgan fingerprint density at radius 1 is 1.05 bits per heavy atom. The normalized spacial score (nSPS) is 10.4. The van der Waals surface area contributed by atoms with Crippen molar-refractivity contribution in [3.8, 4) is 17.0 Å². The summed E-state index contributed by atoms with van der Waals surface area (Å²) in [6.45, 7) is 0. The minimum absolute atomic E-state index is 0.251. The molecule has 106 valence electrons. The summed E-state index contributed by atoms with van der Waals surface area (Å²) in [7, 11) is 1.64. The molecule has 0 aliphatic heterocycles. The number of halogens is 1. The first-order valence-corrected chi connectivity index (χ1v) is 7.25. The van der Waals surface area contributed by atoms with E-state index in [2.05, 4.69) is 10.3 Å². The summed E-state index contributed by atoms with van der Waals surface area (Å²) >= 11 is 1.51. The number of benzene rings is 2. The Bertz CT molecular complexity index is 723. The average molecular weight is 300 g/mol. The quantitative estimate of drug-likeness (QED) is 0.758. The molecule has 0 atom stereocenters. The molecule has 0 unspecified atom stereocenters. The van der Waals surface area contributed by atoms with Gasteiger partial charge >= 0.3 is 0 Å². The third kappa shape index (κ3) is 3.20. The maximum absolute atomic E-state index is 12.9. The van der Waals surface area contributed by atoms with E-state index in [1.54, 1.807) is 19.2 Å². The van der Waals surface area contributed by atoms with Crippen molar-refractivity contribution in [2.45, 2.75) is 0 Å². The van der Waals surface area contributed by atoms with E-state index in [0.717, 1.165) is 27.8 Å². The molecule has 0 amide bonds. The highest BCUT2D eigenvalue weighted by atomic mass is 32.1. The summed E-state index contributed by atoms with van der Waals surface area (Å²) in [5.74, 6) is 0.567. The van der Waals surface area contributed by atoms with Gasteiger partial charge < -0.3 is 10.1 Å². The number of thiazole rings is 1. The lowest BCUT2D eigenvalue weighted by Gasteiger charge is -2.02. The number of aromatic nitrogens is 1. The zero-order chi connectivity index (χ0) is 14.7. The highest BCUT2D eigenvalue weighted by Gasteiger charge is 2.05. The van der Waals surface area contributed by atoms with E-state index in [1.165, 1.54) is 23.5 Å². The van der Waals surface area contributed by atoms with Gasteiger partial charge in [0.2, 0.25) is 0 Å². The number of nitrogens with zero attached hydrogens (tertiary/aromatic N) is 1. The first-order chi connectivity index (χ1) is 10.2. The molecule has 0 saturated carbocycles. The van der Waals surface area contributed by atoms with Crippen molar-refractivity contribution < 1.29 is 9.13 Å². The molecule has 5 heteroatoms. The van der Waals surface area contributed by atoms with Crippen LogP contribution in [0.5, 0.6) is 5.75 Å². The van der Waals surface area contributed by atoms with Crippen LogP contribution >= 0.6 is 11.3 Å². The maximum Gasteiger partial charge on any atom is 0.187 e. The summed E-state index contributed by atoms with van der Waals surface area (Å²) in [6, 6.07) is 13.9. The lowest BCUT2D eigenvalue weighted by molar-refractivity contribution is 0.415. The average Bonchev–Trinajstić information content (AvgIpc) is 2.98. The number of hydrogen-bond donors (Lipinski definition) is 1. The van der Waals surface area contributed by atoms with Gasteiger partial charge in [0.25, 0.3) is 0 Å². The molecule has 0 bridgehead atoms. The Kier molecular flexibility index (Phi) is 3.83. The third-order valence-electron chi connectivity index (χ3n) is 2.99. The monoisotopic (exact) mass is 300 g/mol. The zero-order valence-electron chi connectivity index (χ0n) is 11.3. The van der Waals surface area contributed by atoms with Crippen LogP contribution in [-0.2, 0) is 0 Å². The molecular weight excluding hydrogens is 287 g/mol. The van der Waals surface area contributed by atoms with Crippen molar-refractivity contribution in [3.05, 3.63) is 59.7 Å². The van der Waals surface area contributed by atoms with Gasteiger partial charge in [0.1, 0.15) is 11.6 Å². The molecule has 0 spiro atoms. The Labute approximate surface area is 126 Å². The predicted molar refractivity (Wildman–Crippen MR) is 83.8 cm³/mol. The molecule has 3 nitrogen and oxygen atoms in total. The molecular formula is C16H13FN2OS. The number of methoxy groups -OCH3 is 1. The number of rotatable bonds is 4. The molecule has 0 aliphatic rings. The standard InChI is InChI=1S/C16H13FN2OS/c1-20-14-8-2-11(3-9-14)15-10-21-16(19-15)18-13-6-4-12(17)5-7-13/h2-10H,1H3,(H,18,19). The third-order valence-corrected chi connectivity index (χ3v) is 3.74. The van der Waals surface area contributed by atoms with Crippen LogP contribution in [-0.4, -0.2) is 12.1 Å². The van der Waals surface area contributed by atoms with Gasteiger partial charge in [-0.1, -0.05) is 0 Å². The molecule has 1 heterocycles. The van der Waals surface area contributed by atoms with Gasteiger partial charge in [-0.15, -0.1) is 11.3 Å². The summed E-state index contributed by atoms with van der Waals surface area (Å²) < 4.78 is 18.0. The van der Waals surface area contributed by atoms with Crippen molar-refractivity contribution >= 4 is 22.2 Å². The first kappa shape index (κ1) is 13.6. The summed E-state index contributed by atoms with van der Waals surface area (Å²) in [5.41, 5.74) is 2.73. The molecule has 1 aromatic heterocycles. The summed E-state index contributed by atoms with van der Waals surface area (Å²) in [4.78, 5) is 4.53. The number of nitrogens with one attached hydrogen (secondary N) is 1. The van der Waals surface area contributed by atoms with Gasteiger partial charge in [0.05, 0.1) is 12.8 Å². The van der Waals surface area contributed by atoms with E-state index >= 15 is 0 Å². The molecule has 0 fully saturated rings. The van der Waals surface area contributed by atoms with Crippen molar-refractivity contribution in [2.75, 3.05) is 12.4 Å². The second-order valence-corrected chi connectivity index (χ2v) is 5.26. The second kappa shape index (κ2) is 5.93. The number of anilines is 2. The van der Waals surface area contributed by atoms with E-state index in [0.29, 0.717) is 0 Å². The largest absolute Gasteiger partial charge is 0.497 e. The van der Waals surface area contributed by atoms with Crippen molar-refractivity contribution in [1.82, 2.24) is 4.98 Å². The highest BCUT2D eigenvalue weighted by molar-refractivity contribution is 7.14. The van der Waals surface area contributed by atoms with Crippen LogP contribution in [0.3, 0.4) is 0 Å². The molecule has 0 radical (unpaired) electrons. The molecule has 1 N–H and O–H groups in total. The van der Waals surface area contributed by atoms with Gasteiger partial charge in [-0.25, -0.2) is 9.37 Å². The molecule has 2 aromatic carbocycles. The molecule has 3 aromatic rings. The van der Waals surface area contributed by atoms with E-state index in [-0.39, 0.29) is 5.82 Å². The van der Waals surface area contributed by atoms with Crippen molar-refractivity contribution in [1.29, 1.82) is 0 Å². The summed E-state index contributed by atoms with van der Waals surface area (Å²) in [6.07, 6.45) is 0. The zero-order valence-corrected chi connectivity index (χ0v) is 12.2. The van der Waals surface area contributed by atoms with Crippen LogP contribution in [0.4, 0.5) is 15.2 Å². The lowest BCUT2D eigenvalue weighted by Crippen LogP contribution is -1.89. The van der Waals surface area contributed by atoms with E-state index < -0.39 is 0 Å². The predicted octanol–water partition coefficient (Wildman–Crippen LogP) is 4.70. The fourth-order valence-corrected chi connectivity index (χ4v) is 2.62. The van der Waals surface area contributed by atoms with Gasteiger partial charge in [0.15, 0.2) is 5.13 Å². The first-order valence-electron chi connectivity index (χ1n) is 6.37. The van der Waals surface area contributed by atoms with Crippen LogP contribution in [0, 0.1) is 5.82 Å². The maximum atomic E-state index is 12.9. The lowest BCUT2D eigenvalue weighted by atomic mass is 10.2. The molecule has 21 heavy (non-hydrogen) atoms. The summed E-state index contributed by atoms with van der Waals surface area (Å²) in [5, 5.41) is 5.91. The highest BCUT2D eigenvalue weighted by Crippen LogP contribution is 2.28. The van der Waals surface area contributed by atoms with E-state index in [9.17, 15) is 4.39 Å². The van der Waals surface area contributed by atoms with E-state index in [1.807, 2.05) is 29.6 Å². The fraction of sp³-hybridized carbons (Fsp3) is 0.0625. The number of ether oxygens (including phenoxy) is 1. The molecule has 3 rings (SSSR count). The van der Waals surface area contributed by atoms with Crippen molar-refractivity contribution in [2.24, 2.45) is 0 Å². The number of hydrogen-bond acceptors (Lipinski definition) is 4. The topological polar surface area (TPSA) is 34.1 Å². The van der Waals surface area contributed by atoms with Gasteiger partial charge in [0, 0.05) is 16.6 Å². The minimum atomic E-state index is -0.251. The Hall–Kier alpha value is -2.40. The van der Waals surface area contributed by atoms with Gasteiger partial charge in [-0.2, -0.15) is 0 Å². The molecule has 0 saturated heterocycles. The Morgan fingerprint density at radius 2 is 1.76 bits per heavy atom. The molecule has 0 aliphatic carbocycles.